The molecule has 120 valence electrons. The van der Waals surface area contributed by atoms with E-state index in [0.29, 0.717) is 6.04 Å². The normalized spacial score (nSPS) is 16.5. The quantitative estimate of drug-likeness (QED) is 0.690. The first-order valence-electron chi connectivity index (χ1n) is 6.73. The van der Waals surface area contributed by atoms with E-state index in [9.17, 15) is 0 Å². The van der Waals surface area contributed by atoms with Crippen molar-refractivity contribution in [2.24, 2.45) is 0 Å². The van der Waals surface area contributed by atoms with E-state index in [-0.39, 0.29) is 24.8 Å². The molecule has 0 aliphatic carbocycles. The second kappa shape index (κ2) is 10.9. The predicted molar refractivity (Wildman–Crippen MR) is 100 cm³/mol. The number of hydrogen-bond acceptors (Lipinski definition) is 2. The number of nitrogens with zero attached hydrogens (tertiary/aromatic N) is 1. The van der Waals surface area contributed by atoms with E-state index in [1.165, 1.54) is 5.56 Å². The average molecular weight is 417 g/mol. The third kappa shape index (κ3) is 6.09. The molecule has 1 aromatic carbocycles. The topological polar surface area (TPSA) is 15.3 Å². The van der Waals surface area contributed by atoms with Gasteiger partial charge in [-0.05, 0) is 46.5 Å². The van der Waals surface area contributed by atoms with Crippen molar-refractivity contribution in [1.82, 2.24) is 10.2 Å². The molecule has 2 nitrogen and oxygen atoms in total. The van der Waals surface area contributed by atoms with Gasteiger partial charge in [0.05, 0.1) is 5.02 Å². The van der Waals surface area contributed by atoms with Gasteiger partial charge in [-0.2, -0.15) is 0 Å². The number of rotatable bonds is 5. The van der Waals surface area contributed by atoms with Crippen molar-refractivity contribution in [2.45, 2.75) is 18.9 Å². The van der Waals surface area contributed by atoms with Crippen LogP contribution in [0, 0.1) is 0 Å². The van der Waals surface area contributed by atoms with E-state index < -0.39 is 0 Å². The molecule has 6 heteroatoms. The molecule has 1 aliphatic heterocycles. The Morgan fingerprint density at radius 3 is 2.57 bits per heavy atom. The minimum atomic E-state index is 0. The summed E-state index contributed by atoms with van der Waals surface area (Å²) in [6.07, 6.45) is 4.15. The van der Waals surface area contributed by atoms with Crippen LogP contribution in [0.1, 0.15) is 24.4 Å². The minimum absolute atomic E-state index is 0. The maximum Gasteiger partial charge on any atom is 0.0548 e. The third-order valence-corrected chi connectivity index (χ3v) is 4.78. The van der Waals surface area contributed by atoms with Crippen LogP contribution in [0.3, 0.4) is 0 Å². The molecule has 1 heterocycles. The summed E-state index contributed by atoms with van der Waals surface area (Å²) in [6, 6.07) is 6.72. The summed E-state index contributed by atoms with van der Waals surface area (Å²) in [6.45, 7) is 8.18. The number of halogens is 4. The van der Waals surface area contributed by atoms with Gasteiger partial charge in [0.1, 0.15) is 0 Å². The van der Waals surface area contributed by atoms with Crippen LogP contribution >= 0.6 is 52.3 Å². The third-order valence-electron chi connectivity index (χ3n) is 3.57. The summed E-state index contributed by atoms with van der Waals surface area (Å²) < 4.78 is 0.977. The molecule has 0 radical (unpaired) electrons. The van der Waals surface area contributed by atoms with Crippen molar-refractivity contribution in [2.75, 3.05) is 26.2 Å². The number of allylic oxidation sites excluding steroid dienone is 1. The van der Waals surface area contributed by atoms with Crippen molar-refractivity contribution in [1.29, 1.82) is 0 Å². The molecule has 1 atom stereocenters. The van der Waals surface area contributed by atoms with E-state index in [2.05, 4.69) is 44.9 Å². The summed E-state index contributed by atoms with van der Waals surface area (Å²) in [4.78, 5) is 2.55. The van der Waals surface area contributed by atoms with Crippen LogP contribution in [0.25, 0.3) is 0 Å². The molecular weight excluding hydrogens is 394 g/mol. The van der Waals surface area contributed by atoms with Gasteiger partial charge in [0.25, 0.3) is 0 Å². The lowest BCUT2D eigenvalue weighted by molar-refractivity contribution is 0.166. The SMILES string of the molecule is C=CCC[C@H](c1ccc(Cl)c(Br)c1)N1CCNCC1.Cl.Cl. The number of nitrogens with one attached hydrogen (secondary N) is 1. The molecule has 0 aromatic heterocycles. The van der Waals surface area contributed by atoms with E-state index in [1.54, 1.807) is 0 Å². The molecule has 0 spiro atoms. The highest BCUT2D eigenvalue weighted by Crippen LogP contribution is 2.31. The maximum atomic E-state index is 6.09. The second-order valence-corrected chi connectivity index (χ2v) is 6.10. The minimum Gasteiger partial charge on any atom is -0.314 e. The highest BCUT2D eigenvalue weighted by atomic mass is 79.9. The van der Waals surface area contributed by atoms with Gasteiger partial charge in [0.15, 0.2) is 0 Å². The first kappa shape index (κ1) is 21.2. The highest BCUT2D eigenvalue weighted by Gasteiger charge is 2.21. The van der Waals surface area contributed by atoms with Crippen LogP contribution < -0.4 is 5.32 Å². The molecule has 0 unspecified atom stereocenters. The van der Waals surface area contributed by atoms with E-state index in [1.807, 2.05) is 12.1 Å². The zero-order chi connectivity index (χ0) is 13.7. The van der Waals surface area contributed by atoms with Gasteiger partial charge < -0.3 is 5.32 Å². The van der Waals surface area contributed by atoms with Crippen LogP contribution in [0.15, 0.2) is 35.3 Å². The molecular formula is C15H22BrCl3N2. The largest absolute Gasteiger partial charge is 0.314 e. The summed E-state index contributed by atoms with van der Waals surface area (Å²) in [7, 11) is 0. The van der Waals surface area contributed by atoms with Crippen LogP contribution in [-0.4, -0.2) is 31.1 Å². The number of piperazine rings is 1. The Hall–Kier alpha value is 0.230. The highest BCUT2D eigenvalue weighted by molar-refractivity contribution is 9.10. The molecule has 0 bridgehead atoms. The van der Waals surface area contributed by atoms with Gasteiger partial charge in [-0.3, -0.25) is 4.90 Å². The second-order valence-electron chi connectivity index (χ2n) is 4.84. The Kier molecular flexibility index (Phi) is 11.0. The molecule has 0 saturated carbocycles. The van der Waals surface area contributed by atoms with Gasteiger partial charge in [-0.15, -0.1) is 31.4 Å². The van der Waals surface area contributed by atoms with Gasteiger partial charge in [0.2, 0.25) is 0 Å². The summed E-state index contributed by atoms with van der Waals surface area (Å²) in [5.74, 6) is 0. The van der Waals surface area contributed by atoms with Gasteiger partial charge in [-0.1, -0.05) is 23.7 Å². The van der Waals surface area contributed by atoms with Crippen LogP contribution in [0.5, 0.6) is 0 Å². The molecule has 1 fully saturated rings. The zero-order valence-electron chi connectivity index (χ0n) is 11.9. The first-order valence-corrected chi connectivity index (χ1v) is 7.90. The fourth-order valence-electron chi connectivity index (χ4n) is 2.55. The van der Waals surface area contributed by atoms with Crippen LogP contribution in [0.2, 0.25) is 5.02 Å². The first-order chi connectivity index (χ1) is 9.22. The standard InChI is InChI=1S/C15H20BrClN2.2ClH/c1-2-3-4-15(19-9-7-18-8-10-19)12-5-6-14(17)13(16)11-12;;/h2,5-6,11,15,18H,1,3-4,7-10H2;2*1H/t15-;;/m1../s1. The van der Waals surface area contributed by atoms with E-state index in [0.717, 1.165) is 48.5 Å². The fourth-order valence-corrected chi connectivity index (χ4v) is 3.06. The van der Waals surface area contributed by atoms with Crippen molar-refractivity contribution in [3.63, 3.8) is 0 Å². The predicted octanol–water partition coefficient (Wildman–Crippen LogP) is 4.86. The molecule has 2 rings (SSSR count). The summed E-state index contributed by atoms with van der Waals surface area (Å²) >= 11 is 9.61. The fraction of sp³-hybridized carbons (Fsp3) is 0.467. The molecule has 21 heavy (non-hydrogen) atoms. The number of benzene rings is 1. The maximum absolute atomic E-state index is 6.09. The molecule has 0 amide bonds. The van der Waals surface area contributed by atoms with Crippen molar-refractivity contribution < 1.29 is 0 Å². The van der Waals surface area contributed by atoms with E-state index in [4.69, 9.17) is 11.6 Å². The van der Waals surface area contributed by atoms with Crippen LogP contribution in [0.4, 0.5) is 0 Å². The summed E-state index contributed by atoms with van der Waals surface area (Å²) in [5, 5.41) is 4.18. The Morgan fingerprint density at radius 2 is 2.00 bits per heavy atom. The number of hydrogen-bond donors (Lipinski definition) is 1. The molecule has 1 aromatic rings. The molecule has 1 N–H and O–H groups in total. The monoisotopic (exact) mass is 414 g/mol. The van der Waals surface area contributed by atoms with Crippen molar-refractivity contribution >= 4 is 52.3 Å². The van der Waals surface area contributed by atoms with E-state index >= 15 is 0 Å². The van der Waals surface area contributed by atoms with Gasteiger partial charge in [-0.25, -0.2) is 0 Å². The molecule has 1 aliphatic rings. The van der Waals surface area contributed by atoms with Crippen LogP contribution in [-0.2, 0) is 0 Å². The Bertz CT molecular complexity index is 437. The Balaban J connectivity index is 0.00000200. The lowest BCUT2D eigenvalue weighted by atomic mass is 9.99. The smallest absolute Gasteiger partial charge is 0.0548 e. The lowest BCUT2D eigenvalue weighted by Gasteiger charge is -2.35. The summed E-state index contributed by atoms with van der Waals surface area (Å²) in [5.41, 5.74) is 1.33. The molecule has 1 saturated heterocycles. The lowest BCUT2D eigenvalue weighted by Crippen LogP contribution is -2.45. The zero-order valence-corrected chi connectivity index (χ0v) is 15.8. The van der Waals surface area contributed by atoms with Crippen molar-refractivity contribution in [3.8, 4) is 0 Å². The van der Waals surface area contributed by atoms with Gasteiger partial charge >= 0.3 is 0 Å². The average Bonchev–Trinajstić information content (AvgIpc) is 2.44. The van der Waals surface area contributed by atoms with Crippen molar-refractivity contribution in [3.05, 3.63) is 45.9 Å². The van der Waals surface area contributed by atoms with Gasteiger partial charge in [0, 0.05) is 36.7 Å². The Morgan fingerprint density at radius 1 is 1.33 bits per heavy atom. The Labute approximate surface area is 153 Å².